The van der Waals surface area contributed by atoms with Crippen LogP contribution in [0, 0.1) is 4.64 Å². The van der Waals surface area contributed by atoms with Crippen LogP contribution in [0.4, 0.5) is 0 Å². The van der Waals surface area contributed by atoms with Crippen molar-refractivity contribution in [3.8, 4) is 5.75 Å². The Balaban J connectivity index is 1.84. The first-order chi connectivity index (χ1) is 12.7. The standard InChI is InChI=1S/C20H25N3O2S/c1-25-16-9-7-15(8-10-16)18(23-12-3-2-4-13-23)14-22-19(24)17-6-5-11-21-20(17)26/h5-11,18H,2-4,12-14H2,1H3,(H,21,26)(H,22,24)/t18-/m1/s1. The van der Waals surface area contributed by atoms with Crippen LogP contribution in [0.2, 0.25) is 0 Å². The minimum atomic E-state index is -0.248. The van der Waals surface area contributed by atoms with Crippen molar-refractivity contribution < 1.29 is 14.7 Å². The molecule has 0 amide bonds. The van der Waals surface area contributed by atoms with E-state index in [0.29, 0.717) is 16.7 Å². The summed E-state index contributed by atoms with van der Waals surface area (Å²) in [6.45, 7) is 2.70. The first kappa shape index (κ1) is 18.6. The molecule has 1 aliphatic heterocycles. The van der Waals surface area contributed by atoms with Crippen LogP contribution in [0.1, 0.15) is 36.4 Å². The second-order valence-corrected chi connectivity index (χ2v) is 7.01. The zero-order valence-electron chi connectivity index (χ0n) is 15.0. The molecule has 138 valence electrons. The van der Waals surface area contributed by atoms with E-state index in [9.17, 15) is 5.11 Å². The molecule has 1 saturated heterocycles. The van der Waals surface area contributed by atoms with Gasteiger partial charge in [0.15, 0.2) is 0 Å². The second kappa shape index (κ2) is 8.96. The minimum absolute atomic E-state index is 0.173. The number of ether oxygens (including phenoxy) is 1. The minimum Gasteiger partial charge on any atom is -0.858 e. The molecule has 2 heterocycles. The highest BCUT2D eigenvalue weighted by Crippen LogP contribution is 2.17. The van der Waals surface area contributed by atoms with E-state index in [4.69, 9.17) is 17.0 Å². The van der Waals surface area contributed by atoms with Gasteiger partial charge in [-0.15, -0.1) is 0 Å². The number of nitrogens with one attached hydrogen (secondary N) is 2. The molecule has 0 unspecified atom stereocenters. The number of benzene rings is 1. The Labute approximate surface area is 159 Å². The molecule has 3 rings (SSSR count). The van der Waals surface area contributed by atoms with Crippen molar-refractivity contribution in [1.29, 1.82) is 0 Å². The van der Waals surface area contributed by atoms with Gasteiger partial charge in [-0.25, -0.2) is 0 Å². The van der Waals surface area contributed by atoms with Crippen molar-refractivity contribution in [2.24, 2.45) is 4.99 Å². The quantitative estimate of drug-likeness (QED) is 0.461. The molecule has 2 N–H and O–H groups in total. The number of hydrogen-bond acceptors (Lipinski definition) is 4. The lowest BCUT2D eigenvalue weighted by Gasteiger charge is -2.31. The fourth-order valence-corrected chi connectivity index (χ4v) is 3.73. The Morgan fingerprint density at radius 1 is 1.23 bits per heavy atom. The smallest absolute Gasteiger partial charge is 0.133 e. The van der Waals surface area contributed by atoms with Gasteiger partial charge in [-0.05, 0) is 61.6 Å². The Kier molecular flexibility index (Phi) is 6.41. The van der Waals surface area contributed by atoms with E-state index in [-0.39, 0.29) is 11.9 Å². The Morgan fingerprint density at radius 2 is 1.96 bits per heavy atom. The maximum absolute atomic E-state index is 12.5. The number of aromatic nitrogens is 1. The summed E-state index contributed by atoms with van der Waals surface area (Å²) in [7, 11) is 1.67. The Hall–Kier alpha value is -2.18. The zero-order chi connectivity index (χ0) is 18.4. The van der Waals surface area contributed by atoms with Crippen LogP contribution in [-0.2, 0) is 0 Å². The predicted octanol–water partition coefficient (Wildman–Crippen LogP) is 1.67. The normalized spacial score (nSPS) is 17.0. The molecule has 5 nitrogen and oxygen atoms in total. The van der Waals surface area contributed by atoms with E-state index in [1.807, 2.05) is 12.1 Å². The summed E-state index contributed by atoms with van der Waals surface area (Å²) in [5.74, 6) is 0.589. The van der Waals surface area contributed by atoms with E-state index in [1.54, 1.807) is 25.4 Å². The molecule has 1 aromatic carbocycles. The fraction of sp³-hybridized carbons (Fsp3) is 0.400. The molecular weight excluding hydrogens is 346 g/mol. The largest absolute Gasteiger partial charge is 0.858 e. The number of aliphatic imine (C=N–C) groups is 1. The number of nitrogens with zero attached hydrogens (tertiary/aromatic N) is 1. The second-order valence-electron chi connectivity index (χ2n) is 6.60. The third-order valence-electron chi connectivity index (χ3n) is 4.97. The van der Waals surface area contributed by atoms with Crippen LogP contribution in [0.25, 0.3) is 0 Å². The summed E-state index contributed by atoms with van der Waals surface area (Å²) in [5, 5.41) is 12.5. The SMILES string of the molecule is COc1ccc([C@@H](CN=C([O-])c2ccc[nH]c2=S)[NH+]2CCCCC2)cc1. The Morgan fingerprint density at radius 3 is 2.62 bits per heavy atom. The molecule has 26 heavy (non-hydrogen) atoms. The molecule has 1 aliphatic rings. The lowest BCUT2D eigenvalue weighted by Crippen LogP contribution is -3.13. The van der Waals surface area contributed by atoms with Gasteiger partial charge in [-0.1, -0.05) is 12.2 Å². The number of quaternary nitrogens is 1. The summed E-state index contributed by atoms with van der Waals surface area (Å²) in [6.07, 6.45) is 5.45. The van der Waals surface area contributed by atoms with Crippen LogP contribution in [-0.4, -0.2) is 37.6 Å². The molecule has 0 saturated carbocycles. The van der Waals surface area contributed by atoms with Gasteiger partial charge < -0.3 is 19.7 Å². The highest BCUT2D eigenvalue weighted by atomic mass is 32.1. The van der Waals surface area contributed by atoms with Crippen molar-refractivity contribution in [3.05, 3.63) is 58.4 Å². The molecule has 0 aliphatic carbocycles. The lowest BCUT2D eigenvalue weighted by atomic mass is 10.0. The van der Waals surface area contributed by atoms with Gasteiger partial charge in [0, 0.05) is 17.3 Å². The van der Waals surface area contributed by atoms with Crippen LogP contribution in [0.5, 0.6) is 5.75 Å². The number of methoxy groups -OCH3 is 1. The Bertz CT molecular complexity index is 795. The number of aromatic amines is 1. The van der Waals surface area contributed by atoms with Gasteiger partial charge in [0.05, 0.1) is 26.7 Å². The molecule has 0 radical (unpaired) electrons. The van der Waals surface area contributed by atoms with E-state index < -0.39 is 0 Å². The van der Waals surface area contributed by atoms with Gasteiger partial charge in [0.1, 0.15) is 16.4 Å². The van der Waals surface area contributed by atoms with Crippen molar-refractivity contribution >= 4 is 18.1 Å². The molecule has 1 aromatic heterocycles. The fourth-order valence-electron chi connectivity index (χ4n) is 3.51. The van der Waals surface area contributed by atoms with Crippen LogP contribution < -0.4 is 14.7 Å². The summed E-state index contributed by atoms with van der Waals surface area (Å²) in [4.78, 5) is 8.76. The summed E-state index contributed by atoms with van der Waals surface area (Å²) < 4.78 is 5.70. The van der Waals surface area contributed by atoms with Crippen LogP contribution >= 0.6 is 12.2 Å². The molecule has 0 bridgehead atoms. The molecular formula is C20H25N3O2S. The summed E-state index contributed by atoms with van der Waals surface area (Å²) >= 11 is 5.20. The van der Waals surface area contributed by atoms with Crippen LogP contribution in [0.15, 0.2) is 47.6 Å². The topological polar surface area (TPSA) is 64.9 Å². The highest BCUT2D eigenvalue weighted by Gasteiger charge is 2.25. The monoisotopic (exact) mass is 371 g/mol. The average Bonchev–Trinajstić information content (AvgIpc) is 2.69. The lowest BCUT2D eigenvalue weighted by molar-refractivity contribution is -0.934. The van der Waals surface area contributed by atoms with Crippen LogP contribution in [0.3, 0.4) is 0 Å². The number of likely N-dealkylation sites (tertiary alicyclic amines) is 1. The number of pyridine rings is 1. The van der Waals surface area contributed by atoms with Gasteiger partial charge >= 0.3 is 0 Å². The van der Waals surface area contributed by atoms with Crippen molar-refractivity contribution in [2.75, 3.05) is 26.7 Å². The first-order valence-electron chi connectivity index (χ1n) is 9.07. The summed E-state index contributed by atoms with van der Waals surface area (Å²) in [6, 6.07) is 11.8. The first-order valence-corrected chi connectivity index (χ1v) is 9.48. The summed E-state index contributed by atoms with van der Waals surface area (Å²) in [5.41, 5.74) is 1.65. The van der Waals surface area contributed by atoms with Gasteiger partial charge in [0.25, 0.3) is 0 Å². The van der Waals surface area contributed by atoms with Crippen molar-refractivity contribution in [3.63, 3.8) is 0 Å². The third-order valence-corrected chi connectivity index (χ3v) is 5.31. The number of hydrogen-bond donors (Lipinski definition) is 2. The molecule has 1 atom stereocenters. The predicted molar refractivity (Wildman–Crippen MR) is 103 cm³/mol. The molecule has 6 heteroatoms. The molecule has 1 fully saturated rings. The van der Waals surface area contributed by atoms with Crippen molar-refractivity contribution in [2.45, 2.75) is 25.3 Å². The number of piperidine rings is 1. The maximum atomic E-state index is 12.5. The number of H-pyrrole nitrogens is 1. The zero-order valence-corrected chi connectivity index (χ0v) is 15.8. The third kappa shape index (κ3) is 4.51. The molecule has 0 spiro atoms. The van der Waals surface area contributed by atoms with E-state index in [2.05, 4.69) is 22.1 Å². The average molecular weight is 372 g/mol. The molecule has 2 aromatic rings. The highest BCUT2D eigenvalue weighted by molar-refractivity contribution is 7.71. The number of rotatable bonds is 6. The van der Waals surface area contributed by atoms with Crippen molar-refractivity contribution in [1.82, 2.24) is 4.98 Å². The van der Waals surface area contributed by atoms with Gasteiger partial charge in [-0.3, -0.25) is 4.99 Å². The van der Waals surface area contributed by atoms with E-state index >= 15 is 0 Å². The van der Waals surface area contributed by atoms with Gasteiger partial charge in [0.2, 0.25) is 0 Å². The maximum Gasteiger partial charge on any atom is 0.133 e. The van der Waals surface area contributed by atoms with E-state index in [0.717, 1.165) is 18.8 Å². The van der Waals surface area contributed by atoms with Gasteiger partial charge in [-0.2, -0.15) is 0 Å². The van der Waals surface area contributed by atoms with E-state index in [1.165, 1.54) is 29.7 Å².